The second kappa shape index (κ2) is 16.6. The topological polar surface area (TPSA) is 129 Å². The van der Waals surface area contributed by atoms with Crippen LogP contribution in [0.15, 0.2) is 36.4 Å². The maximum atomic E-state index is 13.3. The van der Waals surface area contributed by atoms with Crippen LogP contribution in [0.1, 0.15) is 92.4 Å². The third-order valence-corrected chi connectivity index (χ3v) is 7.03. The number of anilines is 1. The summed E-state index contributed by atoms with van der Waals surface area (Å²) in [4.78, 5) is 37.6. The van der Waals surface area contributed by atoms with E-state index in [2.05, 4.69) is 53.3 Å². The van der Waals surface area contributed by atoms with Gasteiger partial charge in [0.2, 0.25) is 5.91 Å². The maximum Gasteiger partial charge on any atom is 0.416 e. The van der Waals surface area contributed by atoms with E-state index in [1.54, 1.807) is 20.8 Å². The van der Waals surface area contributed by atoms with E-state index in [0.29, 0.717) is 25.3 Å². The lowest BCUT2D eigenvalue weighted by molar-refractivity contribution is -0.137. The summed E-state index contributed by atoms with van der Waals surface area (Å²) in [5.74, 6) is -1.62. The highest BCUT2D eigenvalue weighted by Gasteiger charge is 2.32. The van der Waals surface area contributed by atoms with Gasteiger partial charge in [0.05, 0.1) is 29.0 Å². The molecule has 2 aromatic rings. The number of aryl methyl sites for hydroxylation is 2. The predicted molar refractivity (Wildman–Crippen MR) is 168 cm³/mol. The number of unbranched alkanes of at least 4 members (excludes halogenated alkanes) is 1. The number of benzene rings is 2. The Hall–Kier alpha value is -3.64. The maximum absolute atomic E-state index is 13.3. The van der Waals surface area contributed by atoms with Crippen LogP contribution in [0.3, 0.4) is 0 Å². The van der Waals surface area contributed by atoms with Gasteiger partial charge in [-0.1, -0.05) is 37.1 Å². The number of aliphatic hydroxyl groups is 1. The number of ether oxygens (including phenoxy) is 1. The summed E-state index contributed by atoms with van der Waals surface area (Å²) >= 11 is 0. The molecule has 0 aliphatic carbocycles. The molecule has 1 atom stereocenters. The third-order valence-electron chi connectivity index (χ3n) is 7.03. The van der Waals surface area contributed by atoms with Crippen LogP contribution in [-0.4, -0.2) is 53.9 Å². The Bertz CT molecular complexity index is 1310. The van der Waals surface area contributed by atoms with Crippen LogP contribution in [0.2, 0.25) is 0 Å². The number of carbonyl (C=O) groups excluding carboxylic acids is 3. The van der Waals surface area contributed by atoms with Gasteiger partial charge in [-0.2, -0.15) is 13.2 Å². The summed E-state index contributed by atoms with van der Waals surface area (Å²) in [7, 11) is 0. The van der Waals surface area contributed by atoms with Gasteiger partial charge in [-0.05, 0) is 96.2 Å². The van der Waals surface area contributed by atoms with Crippen molar-refractivity contribution in [3.63, 3.8) is 0 Å². The Morgan fingerprint density at radius 3 is 2.27 bits per heavy atom. The fraction of sp³-hybridized carbons (Fsp3) is 0.545. The normalized spacial score (nSPS) is 13.1. The summed E-state index contributed by atoms with van der Waals surface area (Å²) in [6, 6.07) is 8.62. The van der Waals surface area contributed by atoms with Gasteiger partial charge < -0.3 is 25.8 Å². The second-order valence-electron chi connectivity index (χ2n) is 12.4. The number of rotatable bonds is 15. The molecule has 0 bridgehead atoms. The quantitative estimate of drug-likeness (QED) is 0.153. The number of nitrogens with one attached hydrogen (secondary N) is 4. The summed E-state index contributed by atoms with van der Waals surface area (Å²) in [5, 5.41) is 21.8. The lowest BCUT2D eigenvalue weighted by Gasteiger charge is -2.28. The molecule has 2 aromatic carbocycles. The van der Waals surface area contributed by atoms with Gasteiger partial charge in [0.25, 0.3) is 5.91 Å². The number of hydrogen-bond donors (Lipinski definition) is 5. The molecule has 5 N–H and O–H groups in total. The lowest BCUT2D eigenvalue weighted by atomic mass is 9.91. The van der Waals surface area contributed by atoms with Crippen LogP contribution in [-0.2, 0) is 22.3 Å². The van der Waals surface area contributed by atoms with Crippen molar-refractivity contribution in [2.45, 2.75) is 97.6 Å². The van der Waals surface area contributed by atoms with Crippen molar-refractivity contribution in [2.24, 2.45) is 0 Å². The SMILES string of the molecule is CCCC(O)(CCCCNCc1ccc(C)cc1C)CNC(=O)CNC(=O)c1cc(C(F)(F)F)ccc1NC(=O)OC(C)(C)C. The smallest absolute Gasteiger partial charge is 0.416 e. The summed E-state index contributed by atoms with van der Waals surface area (Å²) < 4.78 is 45.2. The highest BCUT2D eigenvalue weighted by atomic mass is 19.4. The molecule has 0 radical (unpaired) electrons. The van der Waals surface area contributed by atoms with E-state index in [1.807, 2.05) is 6.92 Å². The van der Waals surface area contributed by atoms with Gasteiger partial charge in [0.15, 0.2) is 0 Å². The number of alkyl halides is 3. The number of hydrogen-bond acceptors (Lipinski definition) is 6. The van der Waals surface area contributed by atoms with Crippen molar-refractivity contribution in [2.75, 3.05) is 25.0 Å². The molecule has 0 aliphatic rings. The molecule has 2 rings (SSSR count). The Labute approximate surface area is 263 Å². The average molecular weight is 637 g/mol. The van der Waals surface area contributed by atoms with Gasteiger partial charge in [0.1, 0.15) is 5.60 Å². The molecule has 0 saturated heterocycles. The minimum absolute atomic E-state index is 0.0411. The standard InChI is InChI=1S/C33H47F3N4O5/c1-7-14-32(44,15-8-9-16-37-19-24-11-10-22(2)17-23(24)3)21-39-28(41)20-38-29(42)26-18-25(33(34,35)36)12-13-27(26)40-30(43)45-31(4,5)6/h10-13,17-18,37,44H,7-9,14-16,19-21H2,1-6H3,(H,38,42)(H,39,41)(H,40,43). The molecule has 45 heavy (non-hydrogen) atoms. The van der Waals surface area contributed by atoms with Gasteiger partial charge in [-0.15, -0.1) is 0 Å². The van der Waals surface area contributed by atoms with Crippen LogP contribution < -0.4 is 21.3 Å². The molecular formula is C33H47F3N4O5. The van der Waals surface area contributed by atoms with Crippen molar-refractivity contribution >= 4 is 23.6 Å². The molecule has 3 amide bonds. The second-order valence-corrected chi connectivity index (χ2v) is 12.4. The van der Waals surface area contributed by atoms with Crippen molar-refractivity contribution in [1.82, 2.24) is 16.0 Å². The first-order valence-corrected chi connectivity index (χ1v) is 15.2. The minimum Gasteiger partial charge on any atom is -0.444 e. The van der Waals surface area contributed by atoms with E-state index in [-0.39, 0.29) is 12.2 Å². The fourth-order valence-corrected chi connectivity index (χ4v) is 4.75. The highest BCUT2D eigenvalue weighted by molar-refractivity contribution is 6.04. The van der Waals surface area contributed by atoms with E-state index in [4.69, 9.17) is 4.74 Å². The van der Waals surface area contributed by atoms with Gasteiger partial charge in [-0.3, -0.25) is 14.9 Å². The predicted octanol–water partition coefficient (Wildman–Crippen LogP) is 6.01. The first kappa shape index (κ1) is 37.5. The molecule has 0 heterocycles. The largest absolute Gasteiger partial charge is 0.444 e. The zero-order valence-electron chi connectivity index (χ0n) is 27.0. The summed E-state index contributed by atoms with van der Waals surface area (Å²) in [5.41, 5.74) is -0.133. The van der Waals surface area contributed by atoms with Crippen molar-refractivity contribution in [1.29, 1.82) is 0 Å². The Morgan fingerprint density at radius 1 is 0.933 bits per heavy atom. The van der Waals surface area contributed by atoms with Crippen LogP contribution in [0.25, 0.3) is 0 Å². The molecule has 12 heteroatoms. The van der Waals surface area contributed by atoms with E-state index in [1.165, 1.54) is 16.7 Å². The fourth-order valence-electron chi connectivity index (χ4n) is 4.75. The van der Waals surface area contributed by atoms with Crippen LogP contribution in [0.5, 0.6) is 0 Å². The van der Waals surface area contributed by atoms with Crippen LogP contribution >= 0.6 is 0 Å². The van der Waals surface area contributed by atoms with Crippen molar-refractivity contribution < 1.29 is 37.4 Å². The molecule has 0 aliphatic heterocycles. The van der Waals surface area contributed by atoms with Gasteiger partial charge in [0, 0.05) is 13.1 Å². The number of halogens is 3. The molecule has 0 saturated carbocycles. The zero-order chi connectivity index (χ0) is 33.8. The van der Waals surface area contributed by atoms with Gasteiger partial charge >= 0.3 is 12.3 Å². The van der Waals surface area contributed by atoms with Crippen LogP contribution in [0, 0.1) is 13.8 Å². The van der Waals surface area contributed by atoms with Crippen molar-refractivity contribution in [3.8, 4) is 0 Å². The van der Waals surface area contributed by atoms with E-state index >= 15 is 0 Å². The summed E-state index contributed by atoms with van der Waals surface area (Å²) in [6.07, 6.45) is -2.53. The molecule has 9 nitrogen and oxygen atoms in total. The molecule has 0 aromatic heterocycles. The Balaban J connectivity index is 1.90. The first-order valence-electron chi connectivity index (χ1n) is 15.2. The van der Waals surface area contributed by atoms with E-state index in [9.17, 15) is 32.7 Å². The minimum atomic E-state index is -4.74. The zero-order valence-corrected chi connectivity index (χ0v) is 27.0. The third kappa shape index (κ3) is 13.5. The van der Waals surface area contributed by atoms with Crippen LogP contribution in [0.4, 0.5) is 23.7 Å². The Kier molecular flexibility index (Phi) is 13.9. The van der Waals surface area contributed by atoms with Crippen molar-refractivity contribution in [3.05, 3.63) is 64.2 Å². The molecule has 250 valence electrons. The van der Waals surface area contributed by atoms with Gasteiger partial charge in [-0.25, -0.2) is 4.79 Å². The van der Waals surface area contributed by atoms with E-state index < -0.39 is 53.0 Å². The highest BCUT2D eigenvalue weighted by Crippen LogP contribution is 2.32. The molecule has 0 fully saturated rings. The molecule has 1 unspecified atom stereocenters. The first-order chi connectivity index (χ1) is 20.9. The number of carbonyl (C=O) groups is 3. The Morgan fingerprint density at radius 2 is 1.64 bits per heavy atom. The number of amides is 3. The lowest BCUT2D eigenvalue weighted by Crippen LogP contribution is -2.46. The average Bonchev–Trinajstić information content (AvgIpc) is 2.92. The monoisotopic (exact) mass is 636 g/mol. The molecular weight excluding hydrogens is 589 g/mol. The van der Waals surface area contributed by atoms with E-state index in [0.717, 1.165) is 38.1 Å². The summed E-state index contributed by atoms with van der Waals surface area (Å²) in [6.45, 7) is 11.8. The molecule has 0 spiro atoms.